The van der Waals surface area contributed by atoms with Gasteiger partial charge < -0.3 is 4.74 Å². The molecule has 1 atom stereocenters. The second-order valence-corrected chi connectivity index (χ2v) is 14.0. The van der Waals surface area contributed by atoms with Crippen LogP contribution >= 0.6 is 0 Å². The third-order valence-corrected chi connectivity index (χ3v) is 10.7. The van der Waals surface area contributed by atoms with E-state index in [1.165, 1.54) is 23.3 Å². The van der Waals surface area contributed by atoms with Crippen LogP contribution in [0.4, 0.5) is 13.2 Å². The first-order chi connectivity index (χ1) is 24.6. The van der Waals surface area contributed by atoms with Gasteiger partial charge in [0.2, 0.25) is 0 Å². The number of halogens is 3. The zero-order chi connectivity index (χ0) is 35.0. The average molecular weight is 671 g/mol. The van der Waals surface area contributed by atoms with Crippen molar-refractivity contribution >= 4 is 16.8 Å². The van der Waals surface area contributed by atoms with Crippen LogP contribution in [0.1, 0.15) is 47.2 Å². The van der Waals surface area contributed by atoms with Crippen LogP contribution in [0, 0.1) is 0 Å². The third-order valence-electron chi connectivity index (χ3n) is 10.7. The lowest BCUT2D eigenvalue weighted by Gasteiger charge is -2.38. The fraction of sp³-hybridized carbons (Fsp3) is 0.106. The number of benzene rings is 7. The normalized spacial score (nSPS) is 17.0. The summed E-state index contributed by atoms with van der Waals surface area (Å²) in [6.07, 6.45) is -0.184. The molecule has 7 aromatic rings. The first-order valence-electron chi connectivity index (χ1n) is 17.2. The number of fused-ring (bicyclic) bond motifs is 8. The second kappa shape index (κ2) is 11.3. The van der Waals surface area contributed by atoms with Crippen molar-refractivity contribution in [3.8, 4) is 39.1 Å². The standard InChI is InChI=1S/C47H33F3O/c1-45(2)41-29-36(47(48,49)50)25-26-39(41)42-37-15-9-10-16-38(37)44-40(43(42)45)27-28-46(51-44,34-13-7-4-8-14-34)35-23-21-33(22-24-35)32-19-17-31(18-20-32)30-11-5-3-6-12-30/h3-29H,1-2H3. The van der Waals surface area contributed by atoms with E-state index in [0.29, 0.717) is 5.56 Å². The zero-order valence-electron chi connectivity index (χ0n) is 28.1. The highest BCUT2D eigenvalue weighted by Crippen LogP contribution is 2.58. The van der Waals surface area contributed by atoms with Gasteiger partial charge >= 0.3 is 6.18 Å². The van der Waals surface area contributed by atoms with Gasteiger partial charge in [-0.1, -0.05) is 159 Å². The summed E-state index contributed by atoms with van der Waals surface area (Å²) in [5, 5.41) is 1.89. The molecule has 9 rings (SSSR count). The molecule has 2 aliphatic rings. The minimum absolute atomic E-state index is 0.634. The van der Waals surface area contributed by atoms with Gasteiger partial charge in [0, 0.05) is 27.5 Å². The van der Waals surface area contributed by atoms with Crippen LogP contribution in [-0.4, -0.2) is 0 Å². The van der Waals surface area contributed by atoms with E-state index >= 15 is 0 Å². The van der Waals surface area contributed by atoms with E-state index in [-0.39, 0.29) is 0 Å². The van der Waals surface area contributed by atoms with Gasteiger partial charge in [-0.15, -0.1) is 0 Å². The monoisotopic (exact) mass is 670 g/mol. The molecule has 0 amide bonds. The van der Waals surface area contributed by atoms with Crippen LogP contribution in [-0.2, 0) is 17.2 Å². The maximum Gasteiger partial charge on any atom is 0.416 e. The summed E-state index contributed by atoms with van der Waals surface area (Å²) >= 11 is 0. The van der Waals surface area contributed by atoms with Gasteiger partial charge in [-0.2, -0.15) is 13.2 Å². The van der Waals surface area contributed by atoms with Gasteiger partial charge in [0.05, 0.1) is 5.56 Å². The molecule has 0 bridgehead atoms. The number of hydrogen-bond donors (Lipinski definition) is 0. The minimum atomic E-state index is -4.43. The quantitative estimate of drug-likeness (QED) is 0.181. The molecule has 0 saturated heterocycles. The van der Waals surface area contributed by atoms with E-state index in [0.717, 1.165) is 61.0 Å². The first-order valence-corrected chi connectivity index (χ1v) is 17.2. The van der Waals surface area contributed by atoms with E-state index in [1.807, 2.05) is 62.4 Å². The molecule has 0 saturated carbocycles. The van der Waals surface area contributed by atoms with E-state index in [2.05, 4.69) is 97.1 Å². The summed E-state index contributed by atoms with van der Waals surface area (Å²) in [4.78, 5) is 0. The average Bonchev–Trinajstić information content (AvgIpc) is 3.41. The molecule has 51 heavy (non-hydrogen) atoms. The minimum Gasteiger partial charge on any atom is -0.472 e. The van der Waals surface area contributed by atoms with Crippen molar-refractivity contribution in [2.24, 2.45) is 0 Å². The summed E-state index contributed by atoms with van der Waals surface area (Å²) in [5.74, 6) is 0.730. The Hall–Kier alpha value is -5.87. The molecule has 0 aromatic heterocycles. The van der Waals surface area contributed by atoms with Crippen molar-refractivity contribution in [2.75, 3.05) is 0 Å². The lowest BCUT2D eigenvalue weighted by atomic mass is 9.76. The highest BCUT2D eigenvalue weighted by atomic mass is 19.4. The van der Waals surface area contributed by atoms with Crippen LogP contribution in [0.25, 0.3) is 50.2 Å². The molecule has 1 aliphatic carbocycles. The van der Waals surface area contributed by atoms with Crippen LogP contribution in [0.3, 0.4) is 0 Å². The number of hydrogen-bond acceptors (Lipinski definition) is 1. The van der Waals surface area contributed by atoms with Gasteiger partial charge in [-0.3, -0.25) is 0 Å². The highest BCUT2D eigenvalue weighted by Gasteiger charge is 2.45. The van der Waals surface area contributed by atoms with Gasteiger partial charge in [-0.25, -0.2) is 0 Å². The number of alkyl halides is 3. The SMILES string of the molecule is CC1(C)c2cc(C(F)(F)F)ccc2-c2c1c1c(c3ccccc23)OC(c2ccccc2)(c2ccc(-c3ccc(-c4ccccc4)cc3)cc2)C=C1. The largest absolute Gasteiger partial charge is 0.472 e. The maximum absolute atomic E-state index is 13.9. The Labute approximate surface area is 295 Å². The number of ether oxygens (including phenoxy) is 1. The molecule has 1 heterocycles. The molecule has 1 unspecified atom stereocenters. The van der Waals surface area contributed by atoms with Crippen LogP contribution in [0.5, 0.6) is 5.75 Å². The zero-order valence-corrected chi connectivity index (χ0v) is 28.1. The topological polar surface area (TPSA) is 9.23 Å². The first kappa shape index (κ1) is 31.1. The fourth-order valence-corrected chi connectivity index (χ4v) is 8.17. The Kier molecular flexibility index (Phi) is 6.92. The van der Waals surface area contributed by atoms with Gasteiger partial charge in [-0.05, 0) is 68.1 Å². The Morgan fingerprint density at radius 1 is 0.549 bits per heavy atom. The van der Waals surface area contributed by atoms with Gasteiger partial charge in [0.25, 0.3) is 0 Å². The molecular formula is C47H33F3O. The molecule has 0 radical (unpaired) electrons. The molecule has 4 heteroatoms. The Morgan fingerprint density at radius 3 is 1.71 bits per heavy atom. The van der Waals surface area contributed by atoms with Crippen LogP contribution in [0.15, 0.2) is 158 Å². The summed E-state index contributed by atoms with van der Waals surface area (Å²) in [7, 11) is 0. The van der Waals surface area contributed by atoms with Crippen LogP contribution < -0.4 is 4.74 Å². The Morgan fingerprint density at radius 2 is 1.08 bits per heavy atom. The van der Waals surface area contributed by atoms with Crippen molar-refractivity contribution in [1.29, 1.82) is 0 Å². The molecule has 0 fully saturated rings. The molecule has 7 aromatic carbocycles. The maximum atomic E-state index is 13.9. The van der Waals surface area contributed by atoms with Crippen molar-refractivity contribution in [3.05, 3.63) is 191 Å². The lowest BCUT2D eigenvalue weighted by Crippen LogP contribution is -2.35. The molecule has 0 N–H and O–H groups in total. The third kappa shape index (κ3) is 4.85. The molecule has 0 spiro atoms. The molecule has 1 nitrogen and oxygen atoms in total. The van der Waals surface area contributed by atoms with Crippen molar-refractivity contribution in [2.45, 2.75) is 31.0 Å². The Balaban J connectivity index is 1.18. The predicted molar refractivity (Wildman–Crippen MR) is 201 cm³/mol. The Bertz CT molecular complexity index is 2480. The van der Waals surface area contributed by atoms with Crippen LogP contribution in [0.2, 0.25) is 0 Å². The molecular weight excluding hydrogens is 638 g/mol. The highest BCUT2D eigenvalue weighted by molar-refractivity contribution is 6.08. The summed E-state index contributed by atoms with van der Waals surface area (Å²) in [6, 6.07) is 50.0. The van der Waals surface area contributed by atoms with Gasteiger partial charge in [0.15, 0.2) is 5.60 Å². The molecule has 248 valence electrons. The summed E-state index contributed by atoms with van der Waals surface area (Å²) in [6.45, 7) is 4.04. The smallest absolute Gasteiger partial charge is 0.416 e. The lowest BCUT2D eigenvalue weighted by molar-refractivity contribution is -0.137. The fourth-order valence-electron chi connectivity index (χ4n) is 8.17. The van der Waals surface area contributed by atoms with E-state index in [9.17, 15) is 13.2 Å². The summed E-state index contributed by atoms with van der Waals surface area (Å²) < 4.78 is 49.2. The van der Waals surface area contributed by atoms with Crippen molar-refractivity contribution < 1.29 is 17.9 Å². The second-order valence-electron chi connectivity index (χ2n) is 14.0. The van der Waals surface area contributed by atoms with Gasteiger partial charge in [0.1, 0.15) is 5.75 Å². The predicted octanol–water partition coefficient (Wildman–Crippen LogP) is 12.8. The van der Waals surface area contributed by atoms with E-state index in [4.69, 9.17) is 4.74 Å². The van der Waals surface area contributed by atoms with E-state index in [1.54, 1.807) is 6.07 Å². The van der Waals surface area contributed by atoms with Crippen molar-refractivity contribution in [3.63, 3.8) is 0 Å². The van der Waals surface area contributed by atoms with E-state index < -0.39 is 22.8 Å². The number of rotatable bonds is 4. The summed E-state index contributed by atoms with van der Waals surface area (Å²) in [5.41, 5.74) is 8.62. The van der Waals surface area contributed by atoms with Crippen molar-refractivity contribution in [1.82, 2.24) is 0 Å². The molecule has 1 aliphatic heterocycles.